The molecule has 0 spiro atoms. The zero-order valence-corrected chi connectivity index (χ0v) is 12.0. The fourth-order valence-corrected chi connectivity index (χ4v) is 2.68. The summed E-state index contributed by atoms with van der Waals surface area (Å²) in [4.78, 5) is 2.40. The Balaban J connectivity index is 0.00000144. The second kappa shape index (κ2) is 5.74. The highest BCUT2D eigenvalue weighted by Crippen LogP contribution is 2.35. The molecule has 1 atom stereocenters. The minimum atomic E-state index is 0. The molecule has 0 amide bonds. The number of phenols is 2. The Morgan fingerprint density at radius 3 is 2.41 bits per heavy atom. The van der Waals surface area contributed by atoms with Gasteiger partial charge in [-0.2, -0.15) is 0 Å². The lowest BCUT2D eigenvalue weighted by molar-refractivity contribution is 0.223. The summed E-state index contributed by atoms with van der Waals surface area (Å²) in [5, 5.41) is 19.2. The predicted octanol–water partition coefficient (Wildman–Crippen LogP) is 2.48. The molecule has 17 heavy (non-hydrogen) atoms. The molecule has 1 aliphatic rings. The summed E-state index contributed by atoms with van der Waals surface area (Å²) in [6.07, 6.45) is 1.82. The van der Waals surface area contributed by atoms with Crippen molar-refractivity contribution in [2.24, 2.45) is 0 Å². The Kier molecular flexibility index (Phi) is 4.83. The molecule has 0 aliphatic heterocycles. The minimum absolute atomic E-state index is 0. The van der Waals surface area contributed by atoms with Crippen molar-refractivity contribution in [2.45, 2.75) is 32.7 Å². The van der Waals surface area contributed by atoms with Gasteiger partial charge in [0.25, 0.3) is 0 Å². The smallest absolute Gasteiger partial charge is 0.122 e. The number of rotatable bonds is 3. The second-order valence-corrected chi connectivity index (χ2v) is 4.39. The third-order valence-electron chi connectivity index (χ3n) is 3.53. The van der Waals surface area contributed by atoms with Crippen molar-refractivity contribution in [1.29, 1.82) is 0 Å². The fraction of sp³-hybridized carbons (Fsp3) is 0.538. The van der Waals surface area contributed by atoms with Crippen molar-refractivity contribution in [3.8, 4) is 11.5 Å². The number of halogens is 1. The molecule has 2 N–H and O–H groups in total. The molecule has 0 aromatic heterocycles. The van der Waals surface area contributed by atoms with Crippen LogP contribution >= 0.6 is 17.0 Å². The standard InChI is InChI=1S/C13H19NO2.BrH/c1-3-14(4-2)10-5-9-6-11(15)8-13(16)12(9)7-10;/h6,8,10,15-16H,3-5,7H2,1-2H3;1H. The summed E-state index contributed by atoms with van der Waals surface area (Å²) in [6, 6.07) is 3.68. The van der Waals surface area contributed by atoms with Gasteiger partial charge in [-0.05, 0) is 43.1 Å². The first-order valence-corrected chi connectivity index (χ1v) is 5.93. The van der Waals surface area contributed by atoms with Crippen LogP contribution in [0, 0.1) is 0 Å². The van der Waals surface area contributed by atoms with E-state index in [0.717, 1.165) is 37.1 Å². The Labute approximate surface area is 113 Å². The first kappa shape index (κ1) is 14.3. The molecular weight excluding hydrogens is 282 g/mol. The second-order valence-electron chi connectivity index (χ2n) is 4.39. The maximum atomic E-state index is 9.78. The summed E-state index contributed by atoms with van der Waals surface area (Å²) in [6.45, 7) is 6.37. The van der Waals surface area contributed by atoms with Gasteiger partial charge in [0.1, 0.15) is 11.5 Å². The van der Waals surface area contributed by atoms with Gasteiger partial charge in [0.05, 0.1) is 0 Å². The topological polar surface area (TPSA) is 43.7 Å². The van der Waals surface area contributed by atoms with Gasteiger partial charge in [-0.15, -0.1) is 17.0 Å². The molecule has 3 nitrogen and oxygen atoms in total. The lowest BCUT2D eigenvalue weighted by Gasteiger charge is -2.25. The van der Waals surface area contributed by atoms with Crippen LogP contribution < -0.4 is 0 Å². The molecule has 0 saturated heterocycles. The maximum absolute atomic E-state index is 9.78. The first-order chi connectivity index (χ1) is 7.65. The van der Waals surface area contributed by atoms with E-state index >= 15 is 0 Å². The molecule has 0 fully saturated rings. The van der Waals surface area contributed by atoms with Crippen LogP contribution in [0.25, 0.3) is 0 Å². The van der Waals surface area contributed by atoms with Crippen molar-refractivity contribution < 1.29 is 10.2 Å². The summed E-state index contributed by atoms with van der Waals surface area (Å²) in [7, 11) is 0. The molecule has 96 valence electrons. The Morgan fingerprint density at radius 2 is 1.82 bits per heavy atom. The van der Waals surface area contributed by atoms with Gasteiger partial charge in [0.15, 0.2) is 0 Å². The van der Waals surface area contributed by atoms with Crippen molar-refractivity contribution in [2.75, 3.05) is 13.1 Å². The van der Waals surface area contributed by atoms with Gasteiger partial charge in [-0.3, -0.25) is 0 Å². The lowest BCUT2D eigenvalue weighted by atomic mass is 10.1. The van der Waals surface area contributed by atoms with Crippen LogP contribution in [-0.2, 0) is 12.8 Å². The summed E-state index contributed by atoms with van der Waals surface area (Å²) < 4.78 is 0. The number of benzene rings is 1. The Morgan fingerprint density at radius 1 is 1.18 bits per heavy atom. The van der Waals surface area contributed by atoms with Gasteiger partial charge in [-0.25, -0.2) is 0 Å². The monoisotopic (exact) mass is 301 g/mol. The van der Waals surface area contributed by atoms with Crippen molar-refractivity contribution in [3.05, 3.63) is 23.3 Å². The SMILES string of the molecule is Br.CCN(CC)C1Cc2cc(O)cc(O)c2C1. The number of phenolic OH excluding ortho intramolecular Hbond substituents is 2. The lowest BCUT2D eigenvalue weighted by Crippen LogP contribution is -2.35. The van der Waals surface area contributed by atoms with Crippen molar-refractivity contribution >= 4 is 17.0 Å². The van der Waals surface area contributed by atoms with Crippen LogP contribution in [0.15, 0.2) is 12.1 Å². The van der Waals surface area contributed by atoms with E-state index in [1.807, 2.05) is 0 Å². The number of aromatic hydroxyl groups is 2. The number of nitrogens with zero attached hydrogens (tertiary/aromatic N) is 1. The number of fused-ring (bicyclic) bond motifs is 1. The molecule has 0 heterocycles. The number of hydrogen-bond acceptors (Lipinski definition) is 3. The van der Waals surface area contributed by atoms with Gasteiger partial charge in [-0.1, -0.05) is 13.8 Å². The Hall–Kier alpha value is -0.740. The fourth-order valence-electron chi connectivity index (χ4n) is 2.68. The third-order valence-corrected chi connectivity index (χ3v) is 3.53. The largest absolute Gasteiger partial charge is 0.508 e. The van der Waals surface area contributed by atoms with Crippen LogP contribution in [0.2, 0.25) is 0 Å². The van der Waals surface area contributed by atoms with Crippen LogP contribution in [-0.4, -0.2) is 34.2 Å². The van der Waals surface area contributed by atoms with Crippen LogP contribution in [0.4, 0.5) is 0 Å². The molecular formula is C13H20BrNO2. The molecule has 0 saturated carbocycles. The summed E-state index contributed by atoms with van der Waals surface area (Å²) in [5.74, 6) is 0.404. The van der Waals surface area contributed by atoms with Gasteiger partial charge in [0.2, 0.25) is 0 Å². The molecule has 0 radical (unpaired) electrons. The highest BCUT2D eigenvalue weighted by molar-refractivity contribution is 8.93. The highest BCUT2D eigenvalue weighted by atomic mass is 79.9. The molecule has 4 heteroatoms. The van der Waals surface area contributed by atoms with Gasteiger partial charge >= 0.3 is 0 Å². The zero-order chi connectivity index (χ0) is 11.7. The first-order valence-electron chi connectivity index (χ1n) is 5.93. The van der Waals surface area contributed by atoms with E-state index in [0.29, 0.717) is 6.04 Å². The zero-order valence-electron chi connectivity index (χ0n) is 10.3. The van der Waals surface area contributed by atoms with Crippen LogP contribution in [0.5, 0.6) is 11.5 Å². The molecule has 1 unspecified atom stereocenters. The van der Waals surface area contributed by atoms with Gasteiger partial charge < -0.3 is 15.1 Å². The van der Waals surface area contributed by atoms with Crippen molar-refractivity contribution in [3.63, 3.8) is 0 Å². The maximum Gasteiger partial charge on any atom is 0.122 e. The van der Waals surface area contributed by atoms with E-state index in [1.54, 1.807) is 6.07 Å². The predicted molar refractivity (Wildman–Crippen MR) is 74.2 cm³/mol. The van der Waals surface area contributed by atoms with E-state index < -0.39 is 0 Å². The van der Waals surface area contributed by atoms with E-state index in [4.69, 9.17) is 0 Å². The average Bonchev–Trinajstić information content (AvgIpc) is 2.63. The normalized spacial score (nSPS) is 17.9. The molecule has 1 aromatic rings. The Bertz CT molecular complexity index is 391. The molecule has 2 rings (SSSR count). The van der Waals surface area contributed by atoms with E-state index in [2.05, 4.69) is 18.7 Å². The molecule has 0 bridgehead atoms. The highest BCUT2D eigenvalue weighted by Gasteiger charge is 2.27. The summed E-state index contributed by atoms with van der Waals surface area (Å²) >= 11 is 0. The van der Waals surface area contributed by atoms with Crippen LogP contribution in [0.3, 0.4) is 0 Å². The quantitative estimate of drug-likeness (QED) is 0.901. The molecule has 1 aromatic carbocycles. The van der Waals surface area contributed by atoms with E-state index in [9.17, 15) is 10.2 Å². The average molecular weight is 302 g/mol. The van der Waals surface area contributed by atoms with Crippen LogP contribution in [0.1, 0.15) is 25.0 Å². The van der Waals surface area contributed by atoms with E-state index in [-0.39, 0.29) is 28.5 Å². The van der Waals surface area contributed by atoms with Gasteiger partial charge in [0, 0.05) is 12.1 Å². The number of hydrogen-bond donors (Lipinski definition) is 2. The minimum Gasteiger partial charge on any atom is -0.508 e. The third kappa shape index (κ3) is 2.75. The summed E-state index contributed by atoms with van der Waals surface area (Å²) in [5.41, 5.74) is 2.10. The van der Waals surface area contributed by atoms with E-state index in [1.165, 1.54) is 6.07 Å². The van der Waals surface area contributed by atoms with Crippen molar-refractivity contribution in [1.82, 2.24) is 4.90 Å². The molecule has 1 aliphatic carbocycles. The number of likely N-dealkylation sites (N-methyl/N-ethyl adjacent to an activating group) is 1.